The Balaban J connectivity index is 1.95. The fourth-order valence-electron chi connectivity index (χ4n) is 2.67. The highest BCUT2D eigenvalue weighted by molar-refractivity contribution is 6.00. The van der Waals surface area contributed by atoms with Crippen LogP contribution in [0.5, 0.6) is 0 Å². The van der Waals surface area contributed by atoms with Gasteiger partial charge in [-0.05, 0) is 25.0 Å². The maximum absolute atomic E-state index is 12.5. The van der Waals surface area contributed by atoms with Crippen molar-refractivity contribution in [2.45, 2.75) is 26.4 Å². The molecule has 3 heteroatoms. The number of nitrogens with zero attached hydrogens (tertiary/aromatic N) is 2. The average Bonchev–Trinajstić information content (AvgIpc) is 2.66. The van der Waals surface area contributed by atoms with Gasteiger partial charge in [0.05, 0.1) is 11.6 Å². The van der Waals surface area contributed by atoms with E-state index >= 15 is 0 Å². The Morgan fingerprint density at radius 2 is 1.95 bits per heavy atom. The number of amides is 1. The predicted octanol–water partition coefficient (Wildman–Crippen LogP) is 3.11. The maximum atomic E-state index is 12.5. The Labute approximate surface area is 112 Å². The average molecular weight is 252 g/mol. The van der Waals surface area contributed by atoms with Gasteiger partial charge >= 0.3 is 0 Å². The molecule has 3 rings (SSSR count). The van der Waals surface area contributed by atoms with Crippen molar-refractivity contribution in [2.24, 2.45) is 0 Å². The van der Waals surface area contributed by atoms with E-state index in [4.69, 9.17) is 0 Å². The molecular formula is C16H16N2O. The van der Waals surface area contributed by atoms with E-state index in [0.29, 0.717) is 6.54 Å². The normalized spacial score (nSPS) is 17.7. The summed E-state index contributed by atoms with van der Waals surface area (Å²) in [6, 6.07) is 10.2. The highest BCUT2D eigenvalue weighted by Crippen LogP contribution is 2.35. The summed E-state index contributed by atoms with van der Waals surface area (Å²) in [6.07, 6.45) is 3.57. The topological polar surface area (TPSA) is 33.2 Å². The SMILES string of the molecule is Cc1cncc2c1C(=O)N(Cc1ccccc1)[C@H]2C. The third kappa shape index (κ3) is 1.91. The molecule has 0 bridgehead atoms. The van der Waals surface area contributed by atoms with Crippen molar-refractivity contribution in [3.8, 4) is 0 Å². The maximum Gasteiger partial charge on any atom is 0.255 e. The standard InChI is InChI=1S/C16H16N2O/c1-11-8-17-9-14-12(2)18(16(19)15(11)14)10-13-6-4-3-5-7-13/h3-9,12H,10H2,1-2H3/t12-/m0/s1. The van der Waals surface area contributed by atoms with Gasteiger partial charge in [-0.3, -0.25) is 9.78 Å². The number of aromatic nitrogens is 1. The zero-order valence-electron chi connectivity index (χ0n) is 11.1. The van der Waals surface area contributed by atoms with Gasteiger partial charge in [0.25, 0.3) is 5.91 Å². The van der Waals surface area contributed by atoms with Crippen molar-refractivity contribution < 1.29 is 4.79 Å². The Morgan fingerprint density at radius 3 is 2.63 bits per heavy atom. The monoisotopic (exact) mass is 252 g/mol. The number of rotatable bonds is 2. The van der Waals surface area contributed by atoms with E-state index in [2.05, 4.69) is 11.9 Å². The molecule has 0 aliphatic carbocycles. The van der Waals surface area contributed by atoms with Gasteiger partial charge < -0.3 is 4.90 Å². The van der Waals surface area contributed by atoms with Crippen LogP contribution >= 0.6 is 0 Å². The fourth-order valence-corrected chi connectivity index (χ4v) is 2.67. The molecule has 19 heavy (non-hydrogen) atoms. The molecule has 0 saturated heterocycles. The Bertz CT molecular complexity index is 622. The Kier molecular flexibility index (Phi) is 2.82. The summed E-state index contributed by atoms with van der Waals surface area (Å²) in [7, 11) is 0. The Morgan fingerprint density at radius 1 is 1.21 bits per heavy atom. The van der Waals surface area contributed by atoms with Crippen molar-refractivity contribution in [3.63, 3.8) is 0 Å². The van der Waals surface area contributed by atoms with Gasteiger partial charge in [-0.2, -0.15) is 0 Å². The number of carbonyl (C=O) groups excluding carboxylic acids is 1. The number of pyridine rings is 1. The molecule has 2 heterocycles. The second-order valence-electron chi connectivity index (χ2n) is 5.02. The zero-order chi connectivity index (χ0) is 13.4. The first-order chi connectivity index (χ1) is 9.18. The summed E-state index contributed by atoms with van der Waals surface area (Å²) in [5, 5.41) is 0. The van der Waals surface area contributed by atoms with Crippen LogP contribution in [0.2, 0.25) is 0 Å². The second kappa shape index (κ2) is 4.50. The lowest BCUT2D eigenvalue weighted by Crippen LogP contribution is -2.26. The summed E-state index contributed by atoms with van der Waals surface area (Å²) in [5.41, 5.74) is 3.99. The largest absolute Gasteiger partial charge is 0.327 e. The molecule has 0 radical (unpaired) electrons. The van der Waals surface area contributed by atoms with Crippen LogP contribution in [0.4, 0.5) is 0 Å². The molecule has 0 fully saturated rings. The van der Waals surface area contributed by atoms with Crippen LogP contribution in [0.1, 0.15) is 40.0 Å². The minimum absolute atomic E-state index is 0.0927. The van der Waals surface area contributed by atoms with E-state index in [1.165, 1.54) is 0 Å². The molecular weight excluding hydrogens is 236 g/mol. The van der Waals surface area contributed by atoms with Gasteiger partial charge in [-0.1, -0.05) is 30.3 Å². The summed E-state index contributed by atoms with van der Waals surface area (Å²) in [6.45, 7) is 4.66. The molecule has 1 aliphatic heterocycles. The fraction of sp³-hybridized carbons (Fsp3) is 0.250. The van der Waals surface area contributed by atoms with Gasteiger partial charge in [0.1, 0.15) is 0 Å². The number of aryl methyl sites for hydroxylation is 1. The van der Waals surface area contributed by atoms with E-state index in [-0.39, 0.29) is 11.9 Å². The van der Waals surface area contributed by atoms with Gasteiger partial charge in [-0.25, -0.2) is 0 Å². The van der Waals surface area contributed by atoms with Crippen molar-refractivity contribution in [2.75, 3.05) is 0 Å². The highest BCUT2D eigenvalue weighted by atomic mass is 16.2. The first-order valence-corrected chi connectivity index (χ1v) is 6.48. The second-order valence-corrected chi connectivity index (χ2v) is 5.02. The van der Waals surface area contributed by atoms with E-state index in [9.17, 15) is 4.79 Å². The molecule has 1 aromatic heterocycles. The van der Waals surface area contributed by atoms with Crippen molar-refractivity contribution in [1.29, 1.82) is 0 Å². The highest BCUT2D eigenvalue weighted by Gasteiger charge is 2.35. The lowest BCUT2D eigenvalue weighted by Gasteiger charge is -2.22. The minimum atomic E-state index is 0.0927. The molecule has 0 N–H and O–H groups in total. The first-order valence-electron chi connectivity index (χ1n) is 6.48. The lowest BCUT2D eigenvalue weighted by molar-refractivity contribution is 0.0722. The van der Waals surface area contributed by atoms with Gasteiger partial charge in [0.2, 0.25) is 0 Å². The molecule has 3 nitrogen and oxygen atoms in total. The smallest absolute Gasteiger partial charge is 0.255 e. The van der Waals surface area contributed by atoms with Crippen LogP contribution in [0.15, 0.2) is 42.7 Å². The molecule has 1 amide bonds. The number of hydrogen-bond acceptors (Lipinski definition) is 2. The Hall–Kier alpha value is -2.16. The number of hydrogen-bond donors (Lipinski definition) is 0. The molecule has 2 aromatic rings. The number of fused-ring (bicyclic) bond motifs is 1. The van der Waals surface area contributed by atoms with E-state index in [1.54, 1.807) is 6.20 Å². The molecule has 1 aliphatic rings. The van der Waals surface area contributed by atoms with Crippen LogP contribution in [-0.4, -0.2) is 15.8 Å². The third-order valence-electron chi connectivity index (χ3n) is 3.75. The van der Waals surface area contributed by atoms with Gasteiger partial charge in [-0.15, -0.1) is 0 Å². The molecule has 1 atom stereocenters. The van der Waals surface area contributed by atoms with E-state index in [1.807, 2.05) is 48.4 Å². The summed E-state index contributed by atoms with van der Waals surface area (Å²) >= 11 is 0. The number of carbonyl (C=O) groups is 1. The molecule has 0 saturated carbocycles. The minimum Gasteiger partial charge on any atom is -0.327 e. The van der Waals surface area contributed by atoms with Crippen LogP contribution < -0.4 is 0 Å². The van der Waals surface area contributed by atoms with E-state index < -0.39 is 0 Å². The molecule has 0 unspecified atom stereocenters. The number of benzene rings is 1. The summed E-state index contributed by atoms with van der Waals surface area (Å²) in [4.78, 5) is 18.6. The molecule has 1 aromatic carbocycles. The van der Waals surface area contributed by atoms with Crippen LogP contribution in [0.25, 0.3) is 0 Å². The third-order valence-corrected chi connectivity index (χ3v) is 3.75. The van der Waals surface area contributed by atoms with Crippen LogP contribution in [0, 0.1) is 6.92 Å². The molecule has 0 spiro atoms. The summed E-state index contributed by atoms with van der Waals surface area (Å²) < 4.78 is 0. The van der Waals surface area contributed by atoms with Crippen LogP contribution in [-0.2, 0) is 6.54 Å². The van der Waals surface area contributed by atoms with Crippen LogP contribution in [0.3, 0.4) is 0 Å². The van der Waals surface area contributed by atoms with Crippen molar-refractivity contribution in [1.82, 2.24) is 9.88 Å². The van der Waals surface area contributed by atoms with Gasteiger partial charge in [0, 0.05) is 24.5 Å². The predicted molar refractivity (Wildman–Crippen MR) is 73.7 cm³/mol. The van der Waals surface area contributed by atoms with Gasteiger partial charge in [0.15, 0.2) is 0 Å². The van der Waals surface area contributed by atoms with Crippen molar-refractivity contribution >= 4 is 5.91 Å². The van der Waals surface area contributed by atoms with E-state index in [0.717, 1.165) is 22.3 Å². The van der Waals surface area contributed by atoms with Crippen molar-refractivity contribution in [3.05, 3.63) is 65.0 Å². The summed E-state index contributed by atoms with van der Waals surface area (Å²) in [5.74, 6) is 0.117. The zero-order valence-corrected chi connectivity index (χ0v) is 11.1. The lowest BCUT2D eigenvalue weighted by atomic mass is 10.1. The first kappa shape index (κ1) is 11.9. The molecule has 96 valence electrons. The quantitative estimate of drug-likeness (QED) is 0.822.